The minimum atomic E-state index is -0.774. The van der Waals surface area contributed by atoms with Gasteiger partial charge in [0.2, 0.25) is 0 Å². The van der Waals surface area contributed by atoms with Crippen molar-refractivity contribution in [3.63, 3.8) is 0 Å². The predicted octanol–water partition coefficient (Wildman–Crippen LogP) is 23.0. The number of hydrogen-bond acceptors (Lipinski definition) is 6. The number of carbonyl (C=O) groups is 3. The number of allylic oxidation sites excluding steroid dienone is 4. The van der Waals surface area contributed by atoms with E-state index in [2.05, 4.69) is 45.1 Å². The summed E-state index contributed by atoms with van der Waals surface area (Å²) in [5.74, 6) is -0.864. The number of rotatable bonds is 63. The summed E-state index contributed by atoms with van der Waals surface area (Å²) in [4.78, 5) is 38.1. The van der Waals surface area contributed by atoms with Gasteiger partial charge < -0.3 is 14.2 Å². The van der Waals surface area contributed by atoms with E-state index in [1.54, 1.807) is 0 Å². The zero-order chi connectivity index (χ0) is 54.3. The monoisotopic (exact) mass is 1050 g/mol. The summed E-state index contributed by atoms with van der Waals surface area (Å²) in [6.07, 6.45) is 78.0. The average molecular weight is 1060 g/mol. The molecule has 0 rings (SSSR count). The van der Waals surface area contributed by atoms with Crippen LogP contribution >= 0.6 is 0 Å². The van der Waals surface area contributed by atoms with Gasteiger partial charge in [-0.05, 0) is 44.9 Å². The van der Waals surface area contributed by atoms with Crippen LogP contribution in [0, 0.1) is 0 Å². The molecule has 0 bridgehead atoms. The van der Waals surface area contributed by atoms with Crippen molar-refractivity contribution >= 4 is 17.9 Å². The molecule has 0 fully saturated rings. The van der Waals surface area contributed by atoms with Crippen molar-refractivity contribution < 1.29 is 28.6 Å². The van der Waals surface area contributed by atoms with Gasteiger partial charge in [0.05, 0.1) is 0 Å². The molecule has 75 heavy (non-hydrogen) atoms. The van der Waals surface area contributed by atoms with E-state index in [0.717, 1.165) is 83.5 Å². The molecule has 0 aromatic heterocycles. The molecule has 0 heterocycles. The summed E-state index contributed by atoms with van der Waals surface area (Å²) in [5.41, 5.74) is 0. The first-order valence-corrected chi connectivity index (χ1v) is 33.8. The van der Waals surface area contributed by atoms with Crippen molar-refractivity contribution in [3.05, 3.63) is 24.3 Å². The highest BCUT2D eigenvalue weighted by Gasteiger charge is 2.19. The van der Waals surface area contributed by atoms with Gasteiger partial charge in [-0.15, -0.1) is 0 Å². The van der Waals surface area contributed by atoms with Gasteiger partial charge in [0.1, 0.15) is 13.2 Å². The van der Waals surface area contributed by atoms with Crippen molar-refractivity contribution in [2.24, 2.45) is 0 Å². The van der Waals surface area contributed by atoms with Crippen LogP contribution in [0.4, 0.5) is 0 Å². The predicted molar refractivity (Wildman–Crippen MR) is 326 cm³/mol. The molecule has 0 radical (unpaired) electrons. The third-order valence-electron chi connectivity index (χ3n) is 15.5. The highest BCUT2D eigenvalue weighted by Crippen LogP contribution is 2.19. The number of hydrogen-bond donors (Lipinski definition) is 0. The average Bonchev–Trinajstić information content (AvgIpc) is 3.41. The van der Waals surface area contributed by atoms with Gasteiger partial charge in [0, 0.05) is 19.3 Å². The molecule has 442 valence electrons. The van der Waals surface area contributed by atoms with E-state index in [1.807, 2.05) is 0 Å². The lowest BCUT2D eigenvalue weighted by Gasteiger charge is -2.18. The molecule has 0 N–H and O–H groups in total. The first kappa shape index (κ1) is 72.9. The second-order valence-electron chi connectivity index (χ2n) is 23.1. The summed E-state index contributed by atoms with van der Waals surface area (Å²) in [7, 11) is 0. The standard InChI is InChI=1S/C69H130O6/c1-4-7-10-13-16-19-22-24-26-27-28-29-30-31-32-33-34-35-36-37-38-39-40-41-42-43-44-46-47-50-53-56-59-62-68(71)74-65-66(64-73-67(70)61-58-55-52-49-21-18-15-12-9-6-3)75-69(72)63-60-57-54-51-48-45-25-23-20-17-14-11-8-5-2/h14,17,23,25,66H,4-13,15-16,18-22,24,26-65H2,1-3H3/b17-14-,25-23-. The lowest BCUT2D eigenvalue weighted by molar-refractivity contribution is -0.167. The first-order chi connectivity index (χ1) is 37.0. The fraction of sp³-hybridized carbons (Fsp3) is 0.899. The molecular weight excluding hydrogens is 925 g/mol. The Morgan fingerprint density at radius 3 is 0.773 bits per heavy atom. The van der Waals surface area contributed by atoms with Crippen LogP contribution in [0.5, 0.6) is 0 Å². The number of ether oxygens (including phenoxy) is 3. The van der Waals surface area contributed by atoms with E-state index >= 15 is 0 Å². The molecule has 0 spiro atoms. The number of unbranched alkanes of at least 4 members (excludes halogenated alkanes) is 48. The van der Waals surface area contributed by atoms with Gasteiger partial charge in [0.25, 0.3) is 0 Å². The zero-order valence-electron chi connectivity index (χ0n) is 50.8. The number of esters is 3. The highest BCUT2D eigenvalue weighted by atomic mass is 16.6. The van der Waals surface area contributed by atoms with Crippen LogP contribution in [-0.2, 0) is 28.6 Å². The van der Waals surface area contributed by atoms with Gasteiger partial charge in [0.15, 0.2) is 6.10 Å². The molecule has 0 saturated heterocycles. The van der Waals surface area contributed by atoms with Crippen LogP contribution in [0.1, 0.15) is 380 Å². The van der Waals surface area contributed by atoms with Gasteiger partial charge in [-0.1, -0.05) is 340 Å². The van der Waals surface area contributed by atoms with Gasteiger partial charge in [-0.3, -0.25) is 14.4 Å². The molecule has 0 aromatic rings. The van der Waals surface area contributed by atoms with E-state index < -0.39 is 6.10 Å². The lowest BCUT2D eigenvalue weighted by Crippen LogP contribution is -2.30. The Hall–Kier alpha value is -2.11. The highest BCUT2D eigenvalue weighted by molar-refractivity contribution is 5.71. The van der Waals surface area contributed by atoms with Crippen molar-refractivity contribution in [1.82, 2.24) is 0 Å². The normalized spacial score (nSPS) is 12.1. The van der Waals surface area contributed by atoms with Crippen molar-refractivity contribution in [2.75, 3.05) is 13.2 Å². The summed E-state index contributed by atoms with van der Waals surface area (Å²) in [6.45, 7) is 6.63. The van der Waals surface area contributed by atoms with Crippen LogP contribution in [0.3, 0.4) is 0 Å². The SMILES string of the molecule is CCCC/C=C\C/C=C\CCCCCCCC(=O)OC(COC(=O)CCCCCCCCCCCC)COC(=O)CCCCCCCCCCCCCCCCCCCCCCCCCCCCCCCCCCC. The Kier molecular flexibility index (Phi) is 62.6. The van der Waals surface area contributed by atoms with Crippen LogP contribution in [0.15, 0.2) is 24.3 Å². The second-order valence-corrected chi connectivity index (χ2v) is 23.1. The quantitative estimate of drug-likeness (QED) is 0.0261. The van der Waals surface area contributed by atoms with Crippen molar-refractivity contribution in [2.45, 2.75) is 386 Å². The Balaban J connectivity index is 3.99. The van der Waals surface area contributed by atoms with Crippen molar-refractivity contribution in [3.8, 4) is 0 Å². The van der Waals surface area contributed by atoms with Crippen molar-refractivity contribution in [1.29, 1.82) is 0 Å². The molecule has 6 nitrogen and oxygen atoms in total. The summed E-state index contributed by atoms with van der Waals surface area (Å²) in [5, 5.41) is 0. The molecule has 0 aliphatic rings. The van der Waals surface area contributed by atoms with Gasteiger partial charge >= 0.3 is 17.9 Å². The molecule has 1 unspecified atom stereocenters. The fourth-order valence-electron chi connectivity index (χ4n) is 10.3. The molecular formula is C69H130O6. The molecule has 6 heteroatoms. The summed E-state index contributed by atoms with van der Waals surface area (Å²) < 4.78 is 16.9. The molecule has 0 amide bonds. The van der Waals surface area contributed by atoms with Crippen LogP contribution in [-0.4, -0.2) is 37.2 Å². The van der Waals surface area contributed by atoms with E-state index in [9.17, 15) is 14.4 Å². The van der Waals surface area contributed by atoms with E-state index in [0.29, 0.717) is 19.3 Å². The van der Waals surface area contributed by atoms with Crippen LogP contribution < -0.4 is 0 Å². The van der Waals surface area contributed by atoms with Crippen LogP contribution in [0.2, 0.25) is 0 Å². The second kappa shape index (κ2) is 64.4. The van der Waals surface area contributed by atoms with E-state index in [-0.39, 0.29) is 31.1 Å². The molecule has 0 aliphatic heterocycles. The van der Waals surface area contributed by atoms with Gasteiger partial charge in [-0.2, -0.15) is 0 Å². The summed E-state index contributed by atoms with van der Waals surface area (Å²) >= 11 is 0. The third-order valence-corrected chi connectivity index (χ3v) is 15.5. The Labute approximate surface area is 468 Å². The maximum Gasteiger partial charge on any atom is 0.306 e. The Bertz CT molecular complexity index is 1210. The topological polar surface area (TPSA) is 78.9 Å². The number of carbonyl (C=O) groups excluding carboxylic acids is 3. The Morgan fingerprint density at radius 1 is 0.267 bits per heavy atom. The molecule has 1 atom stereocenters. The zero-order valence-corrected chi connectivity index (χ0v) is 50.8. The molecule has 0 aromatic carbocycles. The van der Waals surface area contributed by atoms with Crippen LogP contribution in [0.25, 0.3) is 0 Å². The largest absolute Gasteiger partial charge is 0.462 e. The lowest BCUT2D eigenvalue weighted by atomic mass is 10.0. The minimum Gasteiger partial charge on any atom is -0.462 e. The maximum atomic E-state index is 12.8. The molecule has 0 saturated carbocycles. The smallest absolute Gasteiger partial charge is 0.306 e. The maximum absolute atomic E-state index is 12.8. The fourth-order valence-corrected chi connectivity index (χ4v) is 10.3. The van der Waals surface area contributed by atoms with E-state index in [1.165, 1.54) is 257 Å². The summed E-state index contributed by atoms with van der Waals surface area (Å²) in [6, 6.07) is 0. The molecule has 0 aliphatic carbocycles. The van der Waals surface area contributed by atoms with Gasteiger partial charge in [-0.25, -0.2) is 0 Å². The third kappa shape index (κ3) is 62.6. The Morgan fingerprint density at radius 2 is 0.493 bits per heavy atom. The minimum absolute atomic E-state index is 0.0716. The first-order valence-electron chi connectivity index (χ1n) is 33.8. The van der Waals surface area contributed by atoms with E-state index in [4.69, 9.17) is 14.2 Å².